The first-order valence-corrected chi connectivity index (χ1v) is 11.5. The van der Waals surface area contributed by atoms with E-state index in [0.29, 0.717) is 37.9 Å². The fraction of sp³-hybridized carbons (Fsp3) is 0.522. The molecule has 0 N–H and O–H groups in total. The van der Waals surface area contributed by atoms with Crippen molar-refractivity contribution in [2.75, 3.05) is 66.8 Å². The van der Waals surface area contributed by atoms with Crippen LogP contribution < -0.4 is 9.47 Å². The SMILES string of the molecule is COc1ccc([C@@H]([C@H](C(=O)c2cccs2)N2CCOCC2)N2CCOCC2)cc1OC. The highest BCUT2D eigenvalue weighted by atomic mass is 32.1. The molecule has 4 rings (SSSR count). The Balaban J connectivity index is 1.78. The highest BCUT2D eigenvalue weighted by molar-refractivity contribution is 7.12. The number of thiophene rings is 1. The molecule has 2 fully saturated rings. The normalized spacial score (nSPS) is 20.2. The molecule has 2 aliphatic rings. The van der Waals surface area contributed by atoms with E-state index in [4.69, 9.17) is 18.9 Å². The molecule has 2 atom stereocenters. The highest BCUT2D eigenvalue weighted by Gasteiger charge is 2.40. The van der Waals surface area contributed by atoms with E-state index >= 15 is 0 Å². The van der Waals surface area contributed by atoms with Gasteiger partial charge in [-0.2, -0.15) is 0 Å². The van der Waals surface area contributed by atoms with Crippen LogP contribution in [0.2, 0.25) is 0 Å². The second-order valence-corrected chi connectivity index (χ2v) is 8.59. The van der Waals surface area contributed by atoms with Crippen molar-refractivity contribution in [3.05, 3.63) is 46.2 Å². The Bertz CT molecular complexity index is 848. The number of hydrogen-bond acceptors (Lipinski definition) is 8. The summed E-state index contributed by atoms with van der Waals surface area (Å²) in [5.41, 5.74) is 1.04. The van der Waals surface area contributed by atoms with E-state index in [1.54, 1.807) is 14.2 Å². The molecular formula is C23H30N2O5S. The second kappa shape index (κ2) is 10.6. The number of ether oxygens (including phenoxy) is 4. The summed E-state index contributed by atoms with van der Waals surface area (Å²) in [6.45, 7) is 5.60. The van der Waals surface area contributed by atoms with Crippen LogP contribution in [0.3, 0.4) is 0 Å². The van der Waals surface area contributed by atoms with Gasteiger partial charge in [-0.15, -0.1) is 11.3 Å². The number of carbonyl (C=O) groups is 1. The van der Waals surface area contributed by atoms with Crippen molar-refractivity contribution in [1.82, 2.24) is 9.80 Å². The average Bonchev–Trinajstić information content (AvgIpc) is 3.38. The van der Waals surface area contributed by atoms with E-state index in [9.17, 15) is 4.79 Å². The van der Waals surface area contributed by atoms with Gasteiger partial charge in [-0.3, -0.25) is 14.6 Å². The molecule has 0 amide bonds. The Kier molecular flexibility index (Phi) is 7.58. The number of hydrogen-bond donors (Lipinski definition) is 0. The van der Waals surface area contributed by atoms with Crippen molar-refractivity contribution in [2.45, 2.75) is 12.1 Å². The molecule has 2 aromatic rings. The number of nitrogens with zero attached hydrogens (tertiary/aromatic N) is 2. The number of methoxy groups -OCH3 is 2. The first-order chi connectivity index (χ1) is 15.2. The number of ketones is 1. The lowest BCUT2D eigenvalue weighted by atomic mass is 9.91. The van der Waals surface area contributed by atoms with Crippen LogP contribution in [0.15, 0.2) is 35.7 Å². The third-order valence-electron chi connectivity index (χ3n) is 5.96. The molecule has 0 unspecified atom stereocenters. The fourth-order valence-electron chi connectivity index (χ4n) is 4.41. The maximum Gasteiger partial charge on any atom is 0.191 e. The lowest BCUT2D eigenvalue weighted by Crippen LogP contribution is -2.55. The molecule has 168 valence electrons. The maximum atomic E-state index is 13.9. The first kappa shape index (κ1) is 22.2. The molecule has 0 bridgehead atoms. The maximum absolute atomic E-state index is 13.9. The van der Waals surface area contributed by atoms with Crippen LogP contribution in [-0.4, -0.2) is 88.5 Å². The molecule has 0 aliphatic carbocycles. The lowest BCUT2D eigenvalue weighted by molar-refractivity contribution is -0.0301. The van der Waals surface area contributed by atoms with Crippen LogP contribution in [0.1, 0.15) is 21.3 Å². The summed E-state index contributed by atoms with van der Waals surface area (Å²) in [5, 5.41) is 1.96. The van der Waals surface area contributed by atoms with E-state index in [1.807, 2.05) is 29.6 Å². The summed E-state index contributed by atoms with van der Waals surface area (Å²) in [5.74, 6) is 1.50. The topological polar surface area (TPSA) is 60.5 Å². The van der Waals surface area contributed by atoms with E-state index in [1.165, 1.54) is 11.3 Å². The van der Waals surface area contributed by atoms with Crippen LogP contribution in [0.25, 0.3) is 0 Å². The zero-order chi connectivity index (χ0) is 21.6. The number of carbonyl (C=O) groups excluding carboxylic acids is 1. The Morgan fingerprint density at radius 1 is 0.935 bits per heavy atom. The molecule has 0 spiro atoms. The standard InChI is InChI=1S/C23H30N2O5S/c1-27-18-6-5-17(16-19(18)28-2)21(24-7-11-29-12-8-24)22(25-9-13-30-14-10-25)23(26)20-4-3-15-31-20/h3-6,15-16,21-22H,7-14H2,1-2H3/t21-,22+/m0/s1. The fourth-order valence-corrected chi connectivity index (χ4v) is 5.11. The number of morpholine rings is 2. The average molecular weight is 447 g/mol. The minimum Gasteiger partial charge on any atom is -0.493 e. The largest absolute Gasteiger partial charge is 0.493 e. The van der Waals surface area contributed by atoms with Crippen LogP contribution in [0.4, 0.5) is 0 Å². The molecule has 31 heavy (non-hydrogen) atoms. The third kappa shape index (κ3) is 4.94. The van der Waals surface area contributed by atoms with Crippen LogP contribution in [0.5, 0.6) is 11.5 Å². The second-order valence-electron chi connectivity index (χ2n) is 7.64. The van der Waals surface area contributed by atoms with Crippen LogP contribution in [0, 0.1) is 0 Å². The van der Waals surface area contributed by atoms with Crippen molar-refractivity contribution in [3.63, 3.8) is 0 Å². The summed E-state index contributed by atoms with van der Waals surface area (Å²) in [7, 11) is 3.27. The third-order valence-corrected chi connectivity index (χ3v) is 6.84. The predicted octanol–water partition coefficient (Wildman–Crippen LogP) is 2.72. The molecule has 0 radical (unpaired) electrons. The Labute approximate surface area is 187 Å². The van der Waals surface area contributed by atoms with Gasteiger partial charge in [0.2, 0.25) is 0 Å². The zero-order valence-corrected chi connectivity index (χ0v) is 18.9. The number of rotatable bonds is 8. The van der Waals surface area contributed by atoms with E-state index < -0.39 is 0 Å². The van der Waals surface area contributed by atoms with Gasteiger partial charge in [0.1, 0.15) is 0 Å². The molecule has 3 heterocycles. The van der Waals surface area contributed by atoms with Gasteiger partial charge in [0.15, 0.2) is 17.3 Å². The first-order valence-electron chi connectivity index (χ1n) is 10.7. The summed E-state index contributed by atoms with van der Waals surface area (Å²) >= 11 is 1.50. The van der Waals surface area contributed by atoms with E-state index in [-0.39, 0.29) is 17.9 Å². The summed E-state index contributed by atoms with van der Waals surface area (Å²) < 4.78 is 22.3. The van der Waals surface area contributed by atoms with Crippen LogP contribution in [-0.2, 0) is 9.47 Å². The Hall–Kier alpha value is -1.97. The van der Waals surface area contributed by atoms with Gasteiger partial charge in [-0.25, -0.2) is 0 Å². The number of Topliss-reactive ketones (excluding diaryl/α,β-unsaturated/α-hetero) is 1. The summed E-state index contributed by atoms with van der Waals surface area (Å²) in [6, 6.07) is 9.40. The van der Waals surface area contributed by atoms with Gasteiger partial charge >= 0.3 is 0 Å². The van der Waals surface area contributed by atoms with Gasteiger partial charge in [-0.05, 0) is 29.1 Å². The Morgan fingerprint density at radius 2 is 1.58 bits per heavy atom. The summed E-state index contributed by atoms with van der Waals surface area (Å²) in [4.78, 5) is 19.3. The molecule has 7 nitrogen and oxygen atoms in total. The minimum absolute atomic E-state index is 0.128. The van der Waals surface area contributed by atoms with Crippen molar-refractivity contribution < 1.29 is 23.7 Å². The van der Waals surface area contributed by atoms with Crippen molar-refractivity contribution in [3.8, 4) is 11.5 Å². The number of benzene rings is 1. The monoisotopic (exact) mass is 446 g/mol. The van der Waals surface area contributed by atoms with Crippen molar-refractivity contribution in [1.29, 1.82) is 0 Å². The molecule has 0 saturated carbocycles. The van der Waals surface area contributed by atoms with Crippen LogP contribution >= 0.6 is 11.3 Å². The molecule has 1 aromatic carbocycles. The van der Waals surface area contributed by atoms with Gasteiger partial charge in [0.05, 0.1) is 57.6 Å². The smallest absolute Gasteiger partial charge is 0.191 e. The van der Waals surface area contributed by atoms with Gasteiger partial charge in [-0.1, -0.05) is 12.1 Å². The quantitative estimate of drug-likeness (QED) is 0.578. The van der Waals surface area contributed by atoms with Crippen molar-refractivity contribution in [2.24, 2.45) is 0 Å². The highest BCUT2D eigenvalue weighted by Crippen LogP contribution is 2.37. The van der Waals surface area contributed by atoms with E-state index in [2.05, 4.69) is 15.9 Å². The van der Waals surface area contributed by atoms with Gasteiger partial charge < -0.3 is 18.9 Å². The van der Waals surface area contributed by atoms with Gasteiger partial charge in [0.25, 0.3) is 0 Å². The predicted molar refractivity (Wildman–Crippen MR) is 120 cm³/mol. The molecule has 1 aromatic heterocycles. The van der Waals surface area contributed by atoms with Gasteiger partial charge in [0, 0.05) is 26.2 Å². The lowest BCUT2D eigenvalue weighted by Gasteiger charge is -2.44. The summed E-state index contributed by atoms with van der Waals surface area (Å²) in [6.07, 6.45) is 0. The molecule has 2 saturated heterocycles. The zero-order valence-electron chi connectivity index (χ0n) is 18.1. The van der Waals surface area contributed by atoms with E-state index in [0.717, 1.165) is 36.6 Å². The minimum atomic E-state index is -0.321. The molecule has 2 aliphatic heterocycles. The molecular weight excluding hydrogens is 416 g/mol. The van der Waals surface area contributed by atoms with Crippen molar-refractivity contribution >= 4 is 17.1 Å². The molecule has 8 heteroatoms. The Morgan fingerprint density at radius 3 is 2.16 bits per heavy atom.